The summed E-state index contributed by atoms with van der Waals surface area (Å²) >= 11 is 2.12. The molecule has 3 atom stereocenters. The molecule has 1 saturated heterocycles. The van der Waals surface area contributed by atoms with Gasteiger partial charge in [0.25, 0.3) is 5.91 Å². The highest BCUT2D eigenvalue weighted by molar-refractivity contribution is 8.00. The molecule has 2 N–H and O–H groups in total. The SMILES string of the molecule is CCOC(=O)c1ccc(NC(=O)COc2cccc(C3c4sc(=O)[nH]c4SC4C(=O)N(c5ccc(F)cc5)C(=O)C43)c2)cc1. The molecule has 6 rings (SSSR count). The van der Waals surface area contributed by atoms with Gasteiger partial charge in [0.1, 0.15) is 16.8 Å². The Labute approximate surface area is 258 Å². The van der Waals surface area contributed by atoms with Crippen molar-refractivity contribution in [2.45, 2.75) is 23.1 Å². The van der Waals surface area contributed by atoms with Crippen molar-refractivity contribution >= 4 is 58.2 Å². The van der Waals surface area contributed by atoms with E-state index >= 15 is 0 Å². The Kier molecular flexibility index (Phi) is 8.06. The van der Waals surface area contributed by atoms with Gasteiger partial charge in [-0.1, -0.05) is 35.2 Å². The predicted octanol–water partition coefficient (Wildman–Crippen LogP) is 4.57. The van der Waals surface area contributed by atoms with E-state index in [-0.39, 0.29) is 23.8 Å². The largest absolute Gasteiger partial charge is 0.484 e. The van der Waals surface area contributed by atoms with E-state index in [2.05, 4.69) is 10.3 Å². The second-order valence-corrected chi connectivity index (χ2v) is 12.1. The van der Waals surface area contributed by atoms with Gasteiger partial charge in [-0.3, -0.25) is 19.2 Å². The number of esters is 1. The highest BCUT2D eigenvalue weighted by atomic mass is 32.2. The molecule has 3 unspecified atom stereocenters. The highest BCUT2D eigenvalue weighted by Gasteiger charge is 2.56. The number of carbonyl (C=O) groups is 4. The summed E-state index contributed by atoms with van der Waals surface area (Å²) in [6.07, 6.45) is 0. The molecule has 0 bridgehead atoms. The van der Waals surface area contributed by atoms with E-state index in [0.717, 1.165) is 28.0 Å². The molecule has 13 heteroatoms. The van der Waals surface area contributed by atoms with E-state index in [1.165, 1.54) is 24.3 Å². The van der Waals surface area contributed by atoms with Gasteiger partial charge < -0.3 is 19.8 Å². The van der Waals surface area contributed by atoms with Gasteiger partial charge >= 0.3 is 10.8 Å². The normalized spacial score (nSPS) is 18.9. The Morgan fingerprint density at radius 1 is 1.00 bits per heavy atom. The second kappa shape index (κ2) is 12.1. The molecule has 0 aliphatic carbocycles. The van der Waals surface area contributed by atoms with Crippen LogP contribution in [0.2, 0.25) is 0 Å². The number of benzene rings is 3. The number of amides is 3. The molecule has 0 spiro atoms. The second-order valence-electron chi connectivity index (χ2n) is 9.95. The maximum Gasteiger partial charge on any atom is 0.338 e. The number of halogens is 1. The zero-order chi connectivity index (χ0) is 31.0. The lowest BCUT2D eigenvalue weighted by Crippen LogP contribution is -2.32. The number of fused-ring (bicyclic) bond motifs is 2. The van der Waals surface area contributed by atoms with Gasteiger partial charge in [0.15, 0.2) is 6.61 Å². The van der Waals surface area contributed by atoms with Crippen molar-refractivity contribution in [1.29, 1.82) is 0 Å². The first kappa shape index (κ1) is 29.3. The van der Waals surface area contributed by atoms with Crippen LogP contribution in [-0.4, -0.2) is 47.1 Å². The van der Waals surface area contributed by atoms with Crippen molar-refractivity contribution < 1.29 is 33.0 Å². The first-order chi connectivity index (χ1) is 21.2. The Balaban J connectivity index is 1.21. The van der Waals surface area contributed by atoms with E-state index in [1.54, 1.807) is 55.5 Å². The number of aromatic amines is 1. The number of carbonyl (C=O) groups excluding carboxylic acids is 4. The van der Waals surface area contributed by atoms with Crippen LogP contribution in [0.3, 0.4) is 0 Å². The van der Waals surface area contributed by atoms with Crippen LogP contribution in [-0.2, 0) is 19.1 Å². The number of nitrogens with zero attached hydrogens (tertiary/aromatic N) is 1. The Morgan fingerprint density at radius 2 is 1.75 bits per heavy atom. The van der Waals surface area contributed by atoms with E-state index < -0.39 is 46.6 Å². The van der Waals surface area contributed by atoms with Crippen LogP contribution < -0.4 is 19.8 Å². The summed E-state index contributed by atoms with van der Waals surface area (Å²) in [6, 6.07) is 18.2. The molecular formula is C31H24FN3O7S2. The topological polar surface area (TPSA) is 135 Å². The maximum atomic E-state index is 13.8. The molecule has 0 saturated carbocycles. The average molecular weight is 634 g/mol. The lowest BCUT2D eigenvalue weighted by atomic mass is 9.83. The number of hydrogen-bond acceptors (Lipinski definition) is 9. The van der Waals surface area contributed by atoms with Crippen molar-refractivity contribution in [2.75, 3.05) is 23.4 Å². The van der Waals surface area contributed by atoms with Crippen LogP contribution in [0.4, 0.5) is 15.8 Å². The fourth-order valence-electron chi connectivity index (χ4n) is 5.27. The number of H-pyrrole nitrogens is 1. The van der Waals surface area contributed by atoms with Crippen LogP contribution >= 0.6 is 23.1 Å². The van der Waals surface area contributed by atoms with Crippen molar-refractivity contribution in [3.63, 3.8) is 0 Å². The number of imide groups is 1. The number of hydrogen-bond donors (Lipinski definition) is 2. The summed E-state index contributed by atoms with van der Waals surface area (Å²) in [5.41, 5.74) is 1.73. The molecule has 2 aliphatic rings. The van der Waals surface area contributed by atoms with Gasteiger partial charge in [0, 0.05) is 16.5 Å². The first-order valence-corrected chi connectivity index (χ1v) is 15.3. The predicted molar refractivity (Wildman–Crippen MR) is 162 cm³/mol. The minimum Gasteiger partial charge on any atom is -0.484 e. The fourth-order valence-corrected chi connectivity index (χ4v) is 7.78. The summed E-state index contributed by atoms with van der Waals surface area (Å²) < 4.78 is 24.3. The summed E-state index contributed by atoms with van der Waals surface area (Å²) in [4.78, 5) is 68.3. The molecule has 224 valence electrons. The van der Waals surface area contributed by atoms with Crippen LogP contribution in [0, 0.1) is 11.7 Å². The number of aromatic nitrogens is 1. The van der Waals surface area contributed by atoms with E-state index in [9.17, 15) is 28.4 Å². The number of ether oxygens (including phenoxy) is 2. The quantitative estimate of drug-likeness (QED) is 0.213. The molecule has 4 aromatic rings. The molecular weight excluding hydrogens is 609 g/mol. The van der Waals surface area contributed by atoms with Gasteiger partial charge in [-0.15, -0.1) is 0 Å². The average Bonchev–Trinajstić information content (AvgIpc) is 3.51. The third-order valence-electron chi connectivity index (χ3n) is 7.18. The van der Waals surface area contributed by atoms with Crippen LogP contribution in [0.5, 0.6) is 5.75 Å². The lowest BCUT2D eigenvalue weighted by Gasteiger charge is -2.30. The van der Waals surface area contributed by atoms with Crippen LogP contribution in [0.1, 0.15) is 33.6 Å². The molecule has 0 radical (unpaired) electrons. The van der Waals surface area contributed by atoms with Gasteiger partial charge in [-0.25, -0.2) is 14.1 Å². The molecule has 2 aliphatic heterocycles. The van der Waals surface area contributed by atoms with Crippen LogP contribution in [0.15, 0.2) is 82.6 Å². The highest BCUT2D eigenvalue weighted by Crippen LogP contribution is 2.53. The standard InChI is InChI=1S/C31H24FN3O7S2/c1-2-41-30(39)16-6-10-19(11-7-16)33-22(36)15-42-21-5-3-4-17(14-21)23-24-26(43-27-25(23)44-31(40)34-27)29(38)35(28(24)37)20-12-8-18(32)9-13-20/h3-14,23-24,26H,2,15H2,1H3,(H,33,36)(H,34,40). The maximum absolute atomic E-state index is 13.8. The van der Waals surface area contributed by atoms with Crippen molar-refractivity contribution in [1.82, 2.24) is 4.98 Å². The number of thioether (sulfide) groups is 1. The van der Waals surface area contributed by atoms with E-state index in [4.69, 9.17) is 9.47 Å². The molecule has 3 amide bonds. The van der Waals surface area contributed by atoms with Crippen molar-refractivity contribution in [3.8, 4) is 5.75 Å². The van der Waals surface area contributed by atoms with Gasteiger partial charge in [0.2, 0.25) is 11.8 Å². The first-order valence-electron chi connectivity index (χ1n) is 13.6. The number of nitrogens with one attached hydrogen (secondary N) is 2. The summed E-state index contributed by atoms with van der Waals surface area (Å²) in [6.45, 7) is 1.65. The molecule has 44 heavy (non-hydrogen) atoms. The van der Waals surface area contributed by atoms with Gasteiger partial charge in [0.05, 0.1) is 28.8 Å². The monoisotopic (exact) mass is 633 g/mol. The Morgan fingerprint density at radius 3 is 2.48 bits per heavy atom. The number of thiazole rings is 1. The number of rotatable bonds is 8. The Hall–Kier alpha value is -4.75. The van der Waals surface area contributed by atoms with Crippen LogP contribution in [0.25, 0.3) is 0 Å². The molecule has 1 aromatic heterocycles. The fraction of sp³-hybridized carbons (Fsp3) is 0.194. The third kappa shape index (κ3) is 5.63. The summed E-state index contributed by atoms with van der Waals surface area (Å²) in [5, 5.41) is 2.42. The molecule has 3 aromatic carbocycles. The minimum absolute atomic E-state index is 0.256. The number of anilines is 2. The molecule has 3 heterocycles. The van der Waals surface area contributed by atoms with Gasteiger partial charge in [-0.05, 0) is 73.2 Å². The van der Waals surface area contributed by atoms with E-state index in [0.29, 0.717) is 32.5 Å². The van der Waals surface area contributed by atoms with Gasteiger partial charge in [-0.2, -0.15) is 0 Å². The molecule has 10 nitrogen and oxygen atoms in total. The summed E-state index contributed by atoms with van der Waals surface area (Å²) in [7, 11) is 0. The molecule has 1 fully saturated rings. The van der Waals surface area contributed by atoms with Crippen molar-refractivity contribution in [2.24, 2.45) is 5.92 Å². The van der Waals surface area contributed by atoms with E-state index in [1.807, 2.05) is 0 Å². The smallest absolute Gasteiger partial charge is 0.338 e. The third-order valence-corrected chi connectivity index (χ3v) is 9.58. The zero-order valence-corrected chi connectivity index (χ0v) is 24.7. The lowest BCUT2D eigenvalue weighted by molar-refractivity contribution is -0.122. The van der Waals surface area contributed by atoms with Crippen molar-refractivity contribution in [3.05, 3.63) is 104 Å². The summed E-state index contributed by atoms with van der Waals surface area (Å²) in [5.74, 6) is -3.40. The zero-order valence-electron chi connectivity index (χ0n) is 23.1. The minimum atomic E-state index is -0.826. The Bertz CT molecular complexity index is 1820.